The lowest BCUT2D eigenvalue weighted by Gasteiger charge is -2.15. The normalized spacial score (nSPS) is 13.8. The van der Waals surface area contributed by atoms with Crippen LogP contribution in [0.3, 0.4) is 0 Å². The third kappa shape index (κ3) is 5.09. The minimum absolute atomic E-state index is 0.256. The number of hydrogen-bond donors (Lipinski definition) is 2. The smallest absolute Gasteiger partial charge is 0.0434 e. The molecule has 0 saturated carbocycles. The van der Waals surface area contributed by atoms with Gasteiger partial charge >= 0.3 is 0 Å². The van der Waals surface area contributed by atoms with E-state index in [2.05, 4.69) is 45.1 Å². The van der Waals surface area contributed by atoms with Gasteiger partial charge in [0.2, 0.25) is 0 Å². The summed E-state index contributed by atoms with van der Waals surface area (Å²) in [6, 6.07) is 4.47. The summed E-state index contributed by atoms with van der Waals surface area (Å²) in [7, 11) is 0. The monoisotopic (exact) mass is 269 g/mol. The van der Waals surface area contributed by atoms with E-state index in [0.29, 0.717) is 12.5 Å². The molecule has 0 fully saturated rings. The van der Waals surface area contributed by atoms with Gasteiger partial charge in [-0.25, -0.2) is 0 Å². The first-order valence-corrected chi connectivity index (χ1v) is 7.69. The van der Waals surface area contributed by atoms with E-state index >= 15 is 0 Å². The molecule has 1 unspecified atom stereocenters. The Labute approximate surface area is 115 Å². The second-order valence-corrected chi connectivity index (χ2v) is 7.10. The van der Waals surface area contributed by atoms with Gasteiger partial charge in [0, 0.05) is 22.9 Å². The summed E-state index contributed by atoms with van der Waals surface area (Å²) in [5.74, 6) is 0.594. The van der Waals surface area contributed by atoms with E-state index in [1.54, 1.807) is 0 Å². The number of nitrogens with one attached hydrogen (secondary N) is 1. The van der Waals surface area contributed by atoms with Crippen molar-refractivity contribution in [2.45, 2.75) is 52.5 Å². The molecule has 1 heterocycles. The van der Waals surface area contributed by atoms with Crippen LogP contribution in [0.5, 0.6) is 0 Å². The standard InChI is InChI=1S/C15H27NOS/c1-5-12(8-9-17)10-16-11-13-6-7-14(18-13)15(2,3)4/h6-7,12,16-17H,5,8-11H2,1-4H3. The van der Waals surface area contributed by atoms with Gasteiger partial charge in [0.15, 0.2) is 0 Å². The fraction of sp³-hybridized carbons (Fsp3) is 0.733. The molecule has 0 aliphatic carbocycles. The summed E-state index contributed by atoms with van der Waals surface area (Å²) in [5.41, 5.74) is 0.256. The van der Waals surface area contributed by atoms with Crippen LogP contribution in [0.25, 0.3) is 0 Å². The van der Waals surface area contributed by atoms with Crippen LogP contribution in [0.4, 0.5) is 0 Å². The van der Waals surface area contributed by atoms with Gasteiger partial charge in [-0.3, -0.25) is 0 Å². The van der Waals surface area contributed by atoms with Crippen molar-refractivity contribution in [1.82, 2.24) is 5.32 Å². The summed E-state index contributed by atoms with van der Waals surface area (Å²) in [4.78, 5) is 2.85. The Kier molecular flexibility index (Phi) is 6.33. The maximum atomic E-state index is 8.95. The van der Waals surface area contributed by atoms with Gasteiger partial charge in [0.05, 0.1) is 0 Å². The van der Waals surface area contributed by atoms with Crippen LogP contribution in [-0.2, 0) is 12.0 Å². The van der Waals surface area contributed by atoms with Crippen LogP contribution in [0, 0.1) is 5.92 Å². The number of rotatable bonds is 7. The molecule has 104 valence electrons. The number of thiophene rings is 1. The molecule has 0 aromatic carbocycles. The van der Waals surface area contributed by atoms with Gasteiger partial charge in [-0.05, 0) is 36.4 Å². The van der Waals surface area contributed by atoms with Gasteiger partial charge in [-0.2, -0.15) is 0 Å². The molecule has 0 aliphatic heterocycles. The molecule has 3 heteroatoms. The SMILES string of the molecule is CCC(CCO)CNCc1ccc(C(C)(C)C)s1. The molecule has 1 aromatic rings. The van der Waals surface area contributed by atoms with E-state index in [4.69, 9.17) is 5.11 Å². The second-order valence-electron chi connectivity index (χ2n) is 5.93. The van der Waals surface area contributed by atoms with E-state index in [1.807, 2.05) is 11.3 Å². The Morgan fingerprint density at radius 3 is 2.56 bits per heavy atom. The highest BCUT2D eigenvalue weighted by atomic mass is 32.1. The molecule has 0 spiro atoms. The van der Waals surface area contributed by atoms with Crippen molar-refractivity contribution in [2.24, 2.45) is 5.92 Å². The van der Waals surface area contributed by atoms with Crippen LogP contribution in [-0.4, -0.2) is 18.3 Å². The fourth-order valence-electron chi connectivity index (χ4n) is 1.91. The van der Waals surface area contributed by atoms with Gasteiger partial charge in [0.1, 0.15) is 0 Å². The first kappa shape index (κ1) is 15.7. The molecule has 0 radical (unpaired) electrons. The highest BCUT2D eigenvalue weighted by Gasteiger charge is 2.15. The summed E-state index contributed by atoms with van der Waals surface area (Å²) in [6.45, 7) is 11.2. The van der Waals surface area contributed by atoms with Crippen molar-refractivity contribution in [1.29, 1.82) is 0 Å². The topological polar surface area (TPSA) is 32.3 Å². The Morgan fingerprint density at radius 2 is 2.06 bits per heavy atom. The summed E-state index contributed by atoms with van der Waals surface area (Å²) >= 11 is 1.90. The zero-order chi connectivity index (χ0) is 13.6. The molecule has 2 N–H and O–H groups in total. The maximum Gasteiger partial charge on any atom is 0.0434 e. The minimum Gasteiger partial charge on any atom is -0.396 e. The molecule has 2 nitrogen and oxygen atoms in total. The van der Waals surface area contributed by atoms with Crippen molar-refractivity contribution in [3.05, 3.63) is 21.9 Å². The van der Waals surface area contributed by atoms with Crippen LogP contribution >= 0.6 is 11.3 Å². The van der Waals surface area contributed by atoms with Gasteiger partial charge < -0.3 is 10.4 Å². The van der Waals surface area contributed by atoms with Crippen molar-refractivity contribution < 1.29 is 5.11 Å². The van der Waals surface area contributed by atoms with Crippen LogP contribution in [0.1, 0.15) is 50.3 Å². The zero-order valence-corrected chi connectivity index (χ0v) is 12.9. The van der Waals surface area contributed by atoms with Crippen molar-refractivity contribution >= 4 is 11.3 Å². The molecule has 18 heavy (non-hydrogen) atoms. The third-order valence-electron chi connectivity index (χ3n) is 3.25. The zero-order valence-electron chi connectivity index (χ0n) is 12.1. The Hall–Kier alpha value is -0.380. The van der Waals surface area contributed by atoms with E-state index in [-0.39, 0.29) is 5.41 Å². The lowest BCUT2D eigenvalue weighted by atomic mass is 9.95. The van der Waals surface area contributed by atoms with E-state index in [1.165, 1.54) is 9.75 Å². The van der Waals surface area contributed by atoms with Gasteiger partial charge in [-0.1, -0.05) is 34.1 Å². The van der Waals surface area contributed by atoms with Gasteiger partial charge in [0.25, 0.3) is 0 Å². The van der Waals surface area contributed by atoms with Crippen LogP contribution < -0.4 is 5.32 Å². The average Bonchev–Trinajstić information content (AvgIpc) is 2.76. The highest BCUT2D eigenvalue weighted by molar-refractivity contribution is 7.12. The number of hydrogen-bond acceptors (Lipinski definition) is 3. The predicted molar refractivity (Wildman–Crippen MR) is 80.2 cm³/mol. The first-order chi connectivity index (χ1) is 8.47. The molecular formula is C15H27NOS. The summed E-state index contributed by atoms with van der Waals surface area (Å²) < 4.78 is 0. The summed E-state index contributed by atoms with van der Waals surface area (Å²) in [5, 5.41) is 12.5. The molecule has 0 aliphatic rings. The molecule has 0 bridgehead atoms. The molecule has 1 atom stereocenters. The molecule has 0 amide bonds. The van der Waals surface area contributed by atoms with E-state index in [0.717, 1.165) is 25.9 Å². The quantitative estimate of drug-likeness (QED) is 0.793. The molecule has 0 saturated heterocycles. The average molecular weight is 269 g/mol. The van der Waals surface area contributed by atoms with Crippen LogP contribution in [0.15, 0.2) is 12.1 Å². The van der Waals surface area contributed by atoms with Gasteiger partial charge in [-0.15, -0.1) is 11.3 Å². The second kappa shape index (κ2) is 7.27. The fourth-order valence-corrected chi connectivity index (χ4v) is 2.94. The number of aliphatic hydroxyl groups is 1. The number of aliphatic hydroxyl groups excluding tert-OH is 1. The highest BCUT2D eigenvalue weighted by Crippen LogP contribution is 2.29. The van der Waals surface area contributed by atoms with E-state index < -0.39 is 0 Å². The third-order valence-corrected chi connectivity index (χ3v) is 4.76. The molecule has 1 rings (SSSR count). The Bertz CT molecular complexity index is 341. The first-order valence-electron chi connectivity index (χ1n) is 6.88. The van der Waals surface area contributed by atoms with Crippen molar-refractivity contribution in [3.63, 3.8) is 0 Å². The van der Waals surface area contributed by atoms with Crippen molar-refractivity contribution in [2.75, 3.05) is 13.2 Å². The van der Waals surface area contributed by atoms with E-state index in [9.17, 15) is 0 Å². The van der Waals surface area contributed by atoms with Crippen LogP contribution in [0.2, 0.25) is 0 Å². The Balaban J connectivity index is 2.37. The van der Waals surface area contributed by atoms with Crippen molar-refractivity contribution in [3.8, 4) is 0 Å². The molecule has 1 aromatic heterocycles. The lowest BCUT2D eigenvalue weighted by molar-refractivity contribution is 0.251. The lowest BCUT2D eigenvalue weighted by Crippen LogP contribution is -2.22. The summed E-state index contributed by atoms with van der Waals surface area (Å²) in [6.07, 6.45) is 2.03. The predicted octanol–water partition coefficient (Wildman–Crippen LogP) is 3.54. The largest absolute Gasteiger partial charge is 0.396 e. The molecular weight excluding hydrogens is 242 g/mol. The maximum absolute atomic E-state index is 8.95. The Morgan fingerprint density at radius 1 is 1.33 bits per heavy atom. The minimum atomic E-state index is 0.256.